The van der Waals surface area contributed by atoms with Crippen LogP contribution >= 0.6 is 0 Å². The summed E-state index contributed by atoms with van der Waals surface area (Å²) in [4.78, 5) is 11.0. The predicted molar refractivity (Wildman–Crippen MR) is 59.5 cm³/mol. The summed E-state index contributed by atoms with van der Waals surface area (Å²) in [6, 6.07) is 5.93. The van der Waals surface area contributed by atoms with Crippen LogP contribution in [0.25, 0.3) is 0 Å². The van der Waals surface area contributed by atoms with Gasteiger partial charge in [0, 0.05) is 0 Å². The zero-order valence-corrected chi connectivity index (χ0v) is 9.03. The molecule has 3 nitrogen and oxygen atoms in total. The average Bonchev–Trinajstić information content (AvgIpc) is 2.26. The van der Waals surface area contributed by atoms with Crippen molar-refractivity contribution in [2.45, 2.75) is 19.3 Å². The predicted octanol–water partition coefficient (Wildman–Crippen LogP) is 1.81. The standard InChI is InChI=1S/C12H16FNO2/c13-11-5-3-9(4-6-11)8-10(12(15)16)2-1-7-14/h3-6,10H,1-2,7-8,14H2,(H,15,16). The third-order valence-electron chi connectivity index (χ3n) is 2.50. The fourth-order valence-electron chi connectivity index (χ4n) is 1.58. The summed E-state index contributed by atoms with van der Waals surface area (Å²) in [5, 5.41) is 9.00. The normalized spacial score (nSPS) is 12.4. The molecule has 1 aromatic rings. The van der Waals surface area contributed by atoms with Crippen LogP contribution in [0.15, 0.2) is 24.3 Å². The summed E-state index contributed by atoms with van der Waals surface area (Å²) < 4.78 is 12.7. The van der Waals surface area contributed by atoms with Gasteiger partial charge < -0.3 is 10.8 Å². The molecule has 0 saturated heterocycles. The number of nitrogens with two attached hydrogens (primary N) is 1. The van der Waals surface area contributed by atoms with Crippen molar-refractivity contribution < 1.29 is 14.3 Å². The molecule has 4 heteroatoms. The van der Waals surface area contributed by atoms with E-state index in [1.165, 1.54) is 12.1 Å². The molecule has 0 aliphatic rings. The van der Waals surface area contributed by atoms with Gasteiger partial charge in [0.2, 0.25) is 0 Å². The van der Waals surface area contributed by atoms with E-state index in [4.69, 9.17) is 10.8 Å². The Bertz CT molecular complexity index is 337. The van der Waals surface area contributed by atoms with Gasteiger partial charge in [0.05, 0.1) is 5.92 Å². The van der Waals surface area contributed by atoms with Crippen molar-refractivity contribution in [3.05, 3.63) is 35.6 Å². The number of aliphatic carboxylic acids is 1. The summed E-state index contributed by atoms with van der Waals surface area (Å²) in [5.41, 5.74) is 6.19. The first kappa shape index (κ1) is 12.6. The molecule has 0 radical (unpaired) electrons. The molecule has 0 aliphatic carbocycles. The molecule has 1 aromatic carbocycles. The van der Waals surface area contributed by atoms with E-state index in [-0.39, 0.29) is 5.82 Å². The molecule has 0 fully saturated rings. The van der Waals surface area contributed by atoms with E-state index in [9.17, 15) is 9.18 Å². The van der Waals surface area contributed by atoms with Crippen LogP contribution in [-0.2, 0) is 11.2 Å². The van der Waals surface area contributed by atoms with Crippen molar-refractivity contribution in [3.8, 4) is 0 Å². The number of benzene rings is 1. The fourth-order valence-corrected chi connectivity index (χ4v) is 1.58. The van der Waals surface area contributed by atoms with Crippen LogP contribution in [0.1, 0.15) is 18.4 Å². The van der Waals surface area contributed by atoms with Crippen LogP contribution in [0.5, 0.6) is 0 Å². The molecule has 0 aromatic heterocycles. The van der Waals surface area contributed by atoms with E-state index in [1.54, 1.807) is 12.1 Å². The Kier molecular flexibility index (Phi) is 4.92. The van der Waals surface area contributed by atoms with Gasteiger partial charge in [-0.3, -0.25) is 4.79 Å². The van der Waals surface area contributed by atoms with E-state index in [1.807, 2.05) is 0 Å². The van der Waals surface area contributed by atoms with Crippen LogP contribution in [0.3, 0.4) is 0 Å². The molecule has 0 amide bonds. The lowest BCUT2D eigenvalue weighted by molar-refractivity contribution is -0.141. The highest BCUT2D eigenvalue weighted by Gasteiger charge is 2.17. The lowest BCUT2D eigenvalue weighted by Gasteiger charge is -2.11. The summed E-state index contributed by atoms with van der Waals surface area (Å²) in [5.74, 6) is -1.57. The fraction of sp³-hybridized carbons (Fsp3) is 0.417. The maximum Gasteiger partial charge on any atom is 0.306 e. The third kappa shape index (κ3) is 3.98. The van der Waals surface area contributed by atoms with Crippen molar-refractivity contribution in [2.24, 2.45) is 11.7 Å². The van der Waals surface area contributed by atoms with Gasteiger partial charge in [-0.2, -0.15) is 0 Å². The number of halogens is 1. The monoisotopic (exact) mass is 225 g/mol. The minimum absolute atomic E-state index is 0.308. The van der Waals surface area contributed by atoms with Gasteiger partial charge in [-0.25, -0.2) is 4.39 Å². The molecule has 0 bridgehead atoms. The van der Waals surface area contributed by atoms with Gasteiger partial charge in [-0.15, -0.1) is 0 Å². The number of carbonyl (C=O) groups is 1. The number of hydrogen-bond donors (Lipinski definition) is 2. The van der Waals surface area contributed by atoms with Gasteiger partial charge in [0.25, 0.3) is 0 Å². The smallest absolute Gasteiger partial charge is 0.306 e. The van der Waals surface area contributed by atoms with Crippen LogP contribution < -0.4 is 5.73 Å². The lowest BCUT2D eigenvalue weighted by Crippen LogP contribution is -2.17. The molecular weight excluding hydrogens is 209 g/mol. The van der Waals surface area contributed by atoms with Crippen LogP contribution in [0, 0.1) is 11.7 Å². The van der Waals surface area contributed by atoms with Crippen molar-refractivity contribution in [2.75, 3.05) is 6.54 Å². The Morgan fingerprint density at radius 2 is 2.00 bits per heavy atom. The van der Waals surface area contributed by atoms with Crippen LogP contribution in [0.4, 0.5) is 4.39 Å². The second-order valence-electron chi connectivity index (χ2n) is 3.80. The number of carboxylic acid groups (broad SMARTS) is 1. The van der Waals surface area contributed by atoms with Gasteiger partial charge in [0.15, 0.2) is 0 Å². The Morgan fingerprint density at radius 3 is 2.50 bits per heavy atom. The Hall–Kier alpha value is -1.42. The maximum atomic E-state index is 12.7. The van der Waals surface area contributed by atoms with E-state index in [0.29, 0.717) is 25.8 Å². The summed E-state index contributed by atoms with van der Waals surface area (Å²) in [7, 11) is 0. The van der Waals surface area contributed by atoms with E-state index >= 15 is 0 Å². The molecule has 3 N–H and O–H groups in total. The molecule has 1 atom stereocenters. The first-order valence-electron chi connectivity index (χ1n) is 5.31. The minimum atomic E-state index is -0.822. The maximum absolute atomic E-state index is 12.7. The summed E-state index contributed by atoms with van der Waals surface area (Å²) in [6.45, 7) is 0.493. The number of rotatable bonds is 6. The molecule has 1 rings (SSSR count). The molecule has 0 heterocycles. The van der Waals surface area contributed by atoms with E-state index < -0.39 is 11.9 Å². The van der Waals surface area contributed by atoms with E-state index in [0.717, 1.165) is 5.56 Å². The SMILES string of the molecule is NCCCC(Cc1ccc(F)cc1)C(=O)O. The first-order valence-corrected chi connectivity index (χ1v) is 5.31. The summed E-state index contributed by atoms with van der Waals surface area (Å²) in [6.07, 6.45) is 1.68. The van der Waals surface area contributed by atoms with Gasteiger partial charge >= 0.3 is 5.97 Å². The molecule has 0 saturated carbocycles. The van der Waals surface area contributed by atoms with E-state index in [2.05, 4.69) is 0 Å². The summed E-state index contributed by atoms with van der Waals surface area (Å²) >= 11 is 0. The van der Waals surface area contributed by atoms with Gasteiger partial charge in [-0.05, 0) is 43.5 Å². The highest BCUT2D eigenvalue weighted by atomic mass is 19.1. The number of hydrogen-bond acceptors (Lipinski definition) is 2. The average molecular weight is 225 g/mol. The second-order valence-corrected chi connectivity index (χ2v) is 3.80. The topological polar surface area (TPSA) is 63.3 Å². The van der Waals surface area contributed by atoms with Crippen molar-refractivity contribution >= 4 is 5.97 Å². The zero-order chi connectivity index (χ0) is 12.0. The van der Waals surface area contributed by atoms with Gasteiger partial charge in [0.1, 0.15) is 5.82 Å². The van der Waals surface area contributed by atoms with Crippen molar-refractivity contribution in [1.29, 1.82) is 0 Å². The second kappa shape index (κ2) is 6.23. The lowest BCUT2D eigenvalue weighted by atomic mass is 9.95. The third-order valence-corrected chi connectivity index (χ3v) is 2.50. The molecule has 16 heavy (non-hydrogen) atoms. The minimum Gasteiger partial charge on any atom is -0.481 e. The Morgan fingerprint density at radius 1 is 1.38 bits per heavy atom. The molecule has 0 aliphatic heterocycles. The van der Waals surface area contributed by atoms with Crippen LogP contribution in [-0.4, -0.2) is 17.6 Å². The first-order chi connectivity index (χ1) is 7.63. The molecular formula is C12H16FNO2. The highest BCUT2D eigenvalue weighted by molar-refractivity contribution is 5.70. The quantitative estimate of drug-likeness (QED) is 0.776. The number of carboxylic acids is 1. The largest absolute Gasteiger partial charge is 0.481 e. The van der Waals surface area contributed by atoms with Crippen LogP contribution in [0.2, 0.25) is 0 Å². The molecule has 0 spiro atoms. The van der Waals surface area contributed by atoms with Crippen molar-refractivity contribution in [1.82, 2.24) is 0 Å². The Labute approximate surface area is 94.1 Å². The molecule has 1 unspecified atom stereocenters. The Balaban J connectivity index is 2.60. The van der Waals surface area contributed by atoms with Gasteiger partial charge in [-0.1, -0.05) is 12.1 Å². The molecule has 88 valence electrons. The highest BCUT2D eigenvalue weighted by Crippen LogP contribution is 2.14. The van der Waals surface area contributed by atoms with Crippen molar-refractivity contribution in [3.63, 3.8) is 0 Å². The zero-order valence-electron chi connectivity index (χ0n) is 9.03.